The normalized spacial score (nSPS) is 27.5. The van der Waals surface area contributed by atoms with Crippen molar-refractivity contribution in [2.75, 3.05) is 6.54 Å². The van der Waals surface area contributed by atoms with E-state index in [9.17, 15) is 0 Å². The van der Waals surface area contributed by atoms with Crippen molar-refractivity contribution in [3.8, 4) is 0 Å². The molecular formula is C11H17N3. The second-order valence-electron chi connectivity index (χ2n) is 4.13. The Bertz CT molecular complexity index is 265. The number of rotatable bonds is 2. The Hall–Kier alpha value is -0.960. The summed E-state index contributed by atoms with van der Waals surface area (Å²) >= 11 is 0. The lowest BCUT2D eigenvalue weighted by Gasteiger charge is -2.27. The van der Waals surface area contributed by atoms with Crippen LogP contribution in [0.3, 0.4) is 0 Å². The van der Waals surface area contributed by atoms with Gasteiger partial charge in [-0.05, 0) is 49.6 Å². The molecule has 1 saturated carbocycles. The fourth-order valence-electron chi connectivity index (χ4n) is 2.25. The van der Waals surface area contributed by atoms with Gasteiger partial charge in [-0.2, -0.15) is 0 Å². The first-order valence-electron chi connectivity index (χ1n) is 5.35. The summed E-state index contributed by atoms with van der Waals surface area (Å²) in [7, 11) is 0. The highest BCUT2D eigenvalue weighted by atomic mass is 14.8. The highest BCUT2D eigenvalue weighted by molar-refractivity contribution is 5.10. The van der Waals surface area contributed by atoms with Crippen LogP contribution in [0.15, 0.2) is 18.7 Å². The highest BCUT2D eigenvalue weighted by Gasteiger charge is 2.21. The quantitative estimate of drug-likeness (QED) is 0.774. The lowest BCUT2D eigenvalue weighted by molar-refractivity contribution is 0.332. The summed E-state index contributed by atoms with van der Waals surface area (Å²) in [5.41, 5.74) is 6.96. The van der Waals surface area contributed by atoms with E-state index in [1.807, 2.05) is 12.4 Å². The van der Waals surface area contributed by atoms with Gasteiger partial charge in [0, 0.05) is 12.4 Å². The average molecular weight is 191 g/mol. The van der Waals surface area contributed by atoms with Crippen LogP contribution >= 0.6 is 0 Å². The largest absolute Gasteiger partial charge is 0.330 e. The number of nitrogens with two attached hydrogens (primary N) is 1. The van der Waals surface area contributed by atoms with Crippen molar-refractivity contribution in [1.82, 2.24) is 9.97 Å². The minimum absolute atomic E-state index is 0.666. The summed E-state index contributed by atoms with van der Waals surface area (Å²) in [5.74, 6) is 1.41. The number of hydrogen-bond acceptors (Lipinski definition) is 3. The molecule has 1 aromatic heterocycles. The summed E-state index contributed by atoms with van der Waals surface area (Å²) in [6.07, 6.45) is 10.5. The Labute approximate surface area is 84.8 Å². The molecule has 0 radical (unpaired) electrons. The van der Waals surface area contributed by atoms with Crippen LogP contribution in [0.25, 0.3) is 0 Å². The minimum Gasteiger partial charge on any atom is -0.330 e. The van der Waals surface area contributed by atoms with Gasteiger partial charge in [0.15, 0.2) is 0 Å². The van der Waals surface area contributed by atoms with Gasteiger partial charge in [0.05, 0.1) is 0 Å². The van der Waals surface area contributed by atoms with Crippen LogP contribution < -0.4 is 5.73 Å². The molecule has 2 N–H and O–H groups in total. The molecule has 0 aliphatic heterocycles. The van der Waals surface area contributed by atoms with E-state index in [0.29, 0.717) is 5.92 Å². The smallest absolute Gasteiger partial charge is 0.115 e. The van der Waals surface area contributed by atoms with Crippen molar-refractivity contribution in [2.24, 2.45) is 11.7 Å². The Morgan fingerprint density at radius 3 is 2.36 bits per heavy atom. The Morgan fingerprint density at radius 2 is 1.79 bits per heavy atom. The topological polar surface area (TPSA) is 51.8 Å². The molecule has 1 aromatic rings. The third kappa shape index (κ3) is 2.10. The van der Waals surface area contributed by atoms with Gasteiger partial charge in [-0.25, -0.2) is 9.97 Å². The zero-order valence-electron chi connectivity index (χ0n) is 8.39. The molecular weight excluding hydrogens is 174 g/mol. The average Bonchev–Trinajstić information content (AvgIpc) is 2.30. The predicted molar refractivity (Wildman–Crippen MR) is 55.8 cm³/mol. The zero-order valence-corrected chi connectivity index (χ0v) is 8.39. The van der Waals surface area contributed by atoms with Gasteiger partial charge < -0.3 is 5.73 Å². The van der Waals surface area contributed by atoms with E-state index in [4.69, 9.17) is 5.73 Å². The second kappa shape index (κ2) is 4.51. The molecule has 14 heavy (non-hydrogen) atoms. The SMILES string of the molecule is NCC1CCC(c2cncnc2)CC1. The van der Waals surface area contributed by atoms with Crippen molar-refractivity contribution in [3.63, 3.8) is 0 Å². The van der Waals surface area contributed by atoms with Gasteiger partial charge >= 0.3 is 0 Å². The van der Waals surface area contributed by atoms with E-state index >= 15 is 0 Å². The molecule has 0 bridgehead atoms. The maximum Gasteiger partial charge on any atom is 0.115 e. The van der Waals surface area contributed by atoms with Crippen LogP contribution in [0.2, 0.25) is 0 Å². The van der Waals surface area contributed by atoms with Crippen LogP contribution in [0, 0.1) is 5.92 Å². The fraction of sp³-hybridized carbons (Fsp3) is 0.636. The first-order valence-corrected chi connectivity index (χ1v) is 5.35. The van der Waals surface area contributed by atoms with Gasteiger partial charge in [0.2, 0.25) is 0 Å². The van der Waals surface area contributed by atoms with Gasteiger partial charge in [0.25, 0.3) is 0 Å². The lowest BCUT2D eigenvalue weighted by Crippen LogP contribution is -2.20. The summed E-state index contributed by atoms with van der Waals surface area (Å²) in [5, 5.41) is 0. The van der Waals surface area contributed by atoms with E-state index in [1.165, 1.54) is 31.2 Å². The summed E-state index contributed by atoms with van der Waals surface area (Å²) in [4.78, 5) is 8.13. The highest BCUT2D eigenvalue weighted by Crippen LogP contribution is 2.34. The van der Waals surface area contributed by atoms with Crippen molar-refractivity contribution in [1.29, 1.82) is 0 Å². The summed E-state index contributed by atoms with van der Waals surface area (Å²) in [6, 6.07) is 0. The molecule has 76 valence electrons. The summed E-state index contributed by atoms with van der Waals surface area (Å²) < 4.78 is 0. The number of nitrogens with zero attached hydrogens (tertiary/aromatic N) is 2. The Morgan fingerprint density at radius 1 is 1.14 bits per heavy atom. The molecule has 3 nitrogen and oxygen atoms in total. The van der Waals surface area contributed by atoms with E-state index in [2.05, 4.69) is 9.97 Å². The fourth-order valence-corrected chi connectivity index (χ4v) is 2.25. The Kier molecular flexibility index (Phi) is 3.09. The first kappa shape index (κ1) is 9.59. The molecule has 0 spiro atoms. The number of aromatic nitrogens is 2. The molecule has 2 rings (SSSR count). The first-order chi connectivity index (χ1) is 6.90. The maximum atomic E-state index is 5.66. The molecule has 3 heteroatoms. The van der Waals surface area contributed by atoms with Crippen molar-refractivity contribution >= 4 is 0 Å². The van der Waals surface area contributed by atoms with Crippen LogP contribution in [0.4, 0.5) is 0 Å². The zero-order chi connectivity index (χ0) is 9.80. The third-order valence-corrected chi connectivity index (χ3v) is 3.23. The van der Waals surface area contributed by atoms with Crippen LogP contribution in [-0.4, -0.2) is 16.5 Å². The van der Waals surface area contributed by atoms with Crippen molar-refractivity contribution in [3.05, 3.63) is 24.3 Å². The molecule has 0 aromatic carbocycles. The predicted octanol–water partition coefficient (Wildman–Crippen LogP) is 1.71. The van der Waals surface area contributed by atoms with Gasteiger partial charge in [-0.1, -0.05) is 0 Å². The van der Waals surface area contributed by atoms with Crippen molar-refractivity contribution < 1.29 is 0 Å². The van der Waals surface area contributed by atoms with Crippen LogP contribution in [0.1, 0.15) is 37.2 Å². The minimum atomic E-state index is 0.666. The van der Waals surface area contributed by atoms with Crippen molar-refractivity contribution in [2.45, 2.75) is 31.6 Å². The molecule has 1 heterocycles. The second-order valence-corrected chi connectivity index (χ2v) is 4.13. The standard InChI is InChI=1S/C11H17N3/c12-5-9-1-3-10(4-2-9)11-6-13-8-14-7-11/h6-10H,1-5,12H2. The van der Waals surface area contributed by atoms with Crippen LogP contribution in [-0.2, 0) is 0 Å². The maximum absolute atomic E-state index is 5.66. The van der Waals surface area contributed by atoms with E-state index in [1.54, 1.807) is 6.33 Å². The molecule has 0 atom stereocenters. The van der Waals surface area contributed by atoms with Gasteiger partial charge in [0.1, 0.15) is 6.33 Å². The Balaban J connectivity index is 1.96. The molecule has 1 aliphatic carbocycles. The summed E-state index contributed by atoms with van der Waals surface area (Å²) in [6.45, 7) is 0.845. The van der Waals surface area contributed by atoms with Gasteiger partial charge in [-0.3, -0.25) is 0 Å². The number of hydrogen-bond donors (Lipinski definition) is 1. The molecule has 1 fully saturated rings. The van der Waals surface area contributed by atoms with E-state index in [-0.39, 0.29) is 0 Å². The molecule has 0 unspecified atom stereocenters. The lowest BCUT2D eigenvalue weighted by atomic mass is 9.79. The monoisotopic (exact) mass is 191 g/mol. The van der Waals surface area contributed by atoms with Gasteiger partial charge in [-0.15, -0.1) is 0 Å². The molecule has 0 saturated heterocycles. The van der Waals surface area contributed by atoms with Crippen LogP contribution in [0.5, 0.6) is 0 Å². The van der Waals surface area contributed by atoms with E-state index in [0.717, 1.165) is 12.5 Å². The third-order valence-electron chi connectivity index (χ3n) is 3.23. The molecule has 1 aliphatic rings. The van der Waals surface area contributed by atoms with E-state index < -0.39 is 0 Å². The molecule has 0 amide bonds.